The normalized spacial score (nSPS) is 21.8. The van der Waals surface area contributed by atoms with Gasteiger partial charge in [0.05, 0.1) is 0 Å². The number of carbonyl (C=O) groups excluding carboxylic acids is 2. The lowest BCUT2D eigenvalue weighted by molar-refractivity contribution is -0.192. The highest BCUT2D eigenvalue weighted by Crippen LogP contribution is 2.47. The Morgan fingerprint density at radius 2 is 2.15 bits per heavy atom. The summed E-state index contributed by atoms with van der Waals surface area (Å²) in [5.74, 6) is -3.13. The second-order valence-corrected chi connectivity index (χ2v) is 9.06. The number of ether oxygens (including phenoxy) is 1. The van der Waals surface area contributed by atoms with Crippen molar-refractivity contribution in [3.05, 3.63) is 28.0 Å². The highest BCUT2D eigenvalue weighted by atomic mass is 32.2. The van der Waals surface area contributed by atoms with Crippen LogP contribution in [0, 0.1) is 0 Å². The van der Waals surface area contributed by atoms with E-state index in [0.29, 0.717) is 5.57 Å². The molecule has 1 saturated heterocycles. The number of aliphatic carboxylic acids is 1. The Bertz CT molecular complexity index is 1250. The van der Waals surface area contributed by atoms with Gasteiger partial charge in [-0.1, -0.05) is 11.8 Å². The van der Waals surface area contributed by atoms with Crippen molar-refractivity contribution in [1.82, 2.24) is 45.2 Å². The molecule has 180 valence electrons. The van der Waals surface area contributed by atoms with Crippen molar-refractivity contribution >= 4 is 41.3 Å². The third-order valence-electron chi connectivity index (χ3n) is 5.05. The maximum atomic E-state index is 13.1. The standard InChI is InChI=1S/C16H17N9O7S2/c1-23-11(28)10(27)19-20-15(23)34-5-7-4-33-14-16(32-2,13(31)25(14)9(7)12(29)30)18-8(26)3-24-6-17-21-22-24/h6,14H,3-5H2,1-2H3,(H,18,26)(H,19,27)(H,29,30)/t14-,16?/m0/s1. The van der Waals surface area contributed by atoms with E-state index in [1.807, 2.05) is 0 Å². The molecule has 18 heteroatoms. The van der Waals surface area contributed by atoms with Gasteiger partial charge in [0.1, 0.15) is 23.9 Å². The number of hydrogen-bond donors (Lipinski definition) is 3. The lowest BCUT2D eigenvalue weighted by Gasteiger charge is -2.55. The van der Waals surface area contributed by atoms with E-state index >= 15 is 0 Å². The topological polar surface area (TPSA) is 208 Å². The summed E-state index contributed by atoms with van der Waals surface area (Å²) in [5, 5.41) is 38.6. The highest BCUT2D eigenvalue weighted by Gasteiger charge is 2.66. The first-order valence-electron chi connectivity index (χ1n) is 9.42. The first-order valence-corrected chi connectivity index (χ1v) is 11.5. The van der Waals surface area contributed by atoms with Crippen molar-refractivity contribution in [1.29, 1.82) is 0 Å². The number of tetrazole rings is 1. The van der Waals surface area contributed by atoms with Crippen molar-refractivity contribution in [2.24, 2.45) is 7.05 Å². The van der Waals surface area contributed by atoms with E-state index in [0.717, 1.165) is 25.9 Å². The molecule has 4 heterocycles. The fourth-order valence-electron chi connectivity index (χ4n) is 3.42. The van der Waals surface area contributed by atoms with E-state index in [-0.39, 0.29) is 28.9 Å². The number of nitrogens with one attached hydrogen (secondary N) is 1. The molecule has 2 aliphatic heterocycles. The molecule has 34 heavy (non-hydrogen) atoms. The van der Waals surface area contributed by atoms with Crippen LogP contribution in [0.4, 0.5) is 0 Å². The van der Waals surface area contributed by atoms with Crippen LogP contribution in [-0.4, -0.2) is 97.6 Å². The largest absolute Gasteiger partial charge is 0.488 e. The van der Waals surface area contributed by atoms with Gasteiger partial charge in [0.15, 0.2) is 5.16 Å². The van der Waals surface area contributed by atoms with Gasteiger partial charge in [0.25, 0.3) is 17.5 Å². The van der Waals surface area contributed by atoms with E-state index < -0.39 is 40.3 Å². The monoisotopic (exact) mass is 511 g/mol. The number of carbonyl (C=O) groups is 3. The lowest BCUT2D eigenvalue weighted by atomic mass is 9.98. The molecule has 16 nitrogen and oxygen atoms in total. The minimum absolute atomic E-state index is 0.0868. The van der Waals surface area contributed by atoms with Crippen molar-refractivity contribution < 1.29 is 29.3 Å². The van der Waals surface area contributed by atoms with Crippen LogP contribution >= 0.6 is 23.5 Å². The molecule has 1 fully saturated rings. The Balaban J connectivity index is 1.54. The van der Waals surface area contributed by atoms with Gasteiger partial charge in [0, 0.05) is 25.7 Å². The number of hydrogen-bond acceptors (Lipinski definition) is 13. The molecule has 2 aromatic rings. The SMILES string of the molecule is COC1(NC(=O)Cn2cnnn2)C(=O)N2C(C(=O)O)=C(CSc3nnc(O)c(=O)n3C)CS[C@H]21. The number of rotatable bonds is 8. The molecule has 2 aliphatic rings. The van der Waals surface area contributed by atoms with Crippen LogP contribution in [0.25, 0.3) is 0 Å². The molecule has 3 N–H and O–H groups in total. The Hall–Kier alpha value is -3.51. The van der Waals surface area contributed by atoms with Crippen LogP contribution in [0.5, 0.6) is 5.88 Å². The van der Waals surface area contributed by atoms with E-state index in [1.165, 1.54) is 32.2 Å². The van der Waals surface area contributed by atoms with Gasteiger partial charge in [-0.15, -0.1) is 27.1 Å². The molecule has 0 aromatic carbocycles. The van der Waals surface area contributed by atoms with E-state index in [4.69, 9.17) is 4.74 Å². The van der Waals surface area contributed by atoms with Crippen LogP contribution in [0.1, 0.15) is 0 Å². The van der Waals surface area contributed by atoms with Gasteiger partial charge < -0.3 is 20.3 Å². The van der Waals surface area contributed by atoms with Gasteiger partial charge in [-0.2, -0.15) is 0 Å². The van der Waals surface area contributed by atoms with Crippen molar-refractivity contribution in [3.63, 3.8) is 0 Å². The molecule has 0 spiro atoms. The number of thioether (sulfide) groups is 2. The molecule has 2 atom stereocenters. The maximum Gasteiger partial charge on any atom is 0.352 e. The molecule has 0 bridgehead atoms. The highest BCUT2D eigenvalue weighted by molar-refractivity contribution is 8.01. The lowest BCUT2D eigenvalue weighted by Crippen LogP contribution is -2.80. The average molecular weight is 512 g/mol. The summed E-state index contributed by atoms with van der Waals surface area (Å²) < 4.78 is 7.61. The molecule has 4 rings (SSSR count). The Labute approximate surface area is 198 Å². The van der Waals surface area contributed by atoms with Crippen LogP contribution in [0.15, 0.2) is 27.5 Å². The molecule has 0 radical (unpaired) electrons. The third kappa shape index (κ3) is 3.88. The number of carboxylic acids is 1. The summed E-state index contributed by atoms with van der Waals surface area (Å²) in [7, 11) is 2.63. The summed E-state index contributed by atoms with van der Waals surface area (Å²) in [6, 6.07) is 0. The summed E-state index contributed by atoms with van der Waals surface area (Å²) in [4.78, 5) is 50.5. The number of β-lactam (4-membered cyclic amide) rings is 1. The van der Waals surface area contributed by atoms with Gasteiger partial charge in [0.2, 0.25) is 5.91 Å². The number of aromatic hydroxyl groups is 1. The maximum absolute atomic E-state index is 13.1. The van der Waals surface area contributed by atoms with Crippen LogP contribution < -0.4 is 10.9 Å². The molecule has 2 amide bonds. The smallest absolute Gasteiger partial charge is 0.352 e. The zero-order valence-corrected chi connectivity index (χ0v) is 19.2. The predicted molar refractivity (Wildman–Crippen MR) is 113 cm³/mol. The zero-order chi connectivity index (χ0) is 24.6. The number of amides is 2. The van der Waals surface area contributed by atoms with Crippen molar-refractivity contribution in [2.75, 3.05) is 18.6 Å². The molecule has 2 aromatic heterocycles. The van der Waals surface area contributed by atoms with Crippen molar-refractivity contribution in [3.8, 4) is 5.88 Å². The molecular formula is C16H17N9O7S2. The molecule has 1 unspecified atom stereocenters. The Morgan fingerprint density at radius 1 is 1.38 bits per heavy atom. The van der Waals surface area contributed by atoms with Gasteiger partial charge in [-0.3, -0.25) is 23.9 Å². The first-order chi connectivity index (χ1) is 16.2. The fraction of sp³-hybridized carbons (Fsp3) is 0.438. The van der Waals surface area contributed by atoms with Gasteiger partial charge >= 0.3 is 11.5 Å². The minimum Gasteiger partial charge on any atom is -0.488 e. The first kappa shape index (κ1) is 23.6. The summed E-state index contributed by atoms with van der Waals surface area (Å²) in [6.45, 7) is -0.265. The second-order valence-electron chi connectivity index (χ2n) is 7.05. The van der Waals surface area contributed by atoms with Crippen LogP contribution in [-0.2, 0) is 32.7 Å². The summed E-state index contributed by atoms with van der Waals surface area (Å²) in [6.07, 6.45) is 1.23. The fourth-order valence-corrected chi connectivity index (χ4v) is 5.90. The second kappa shape index (κ2) is 9.03. The number of aromatic nitrogens is 7. The zero-order valence-electron chi connectivity index (χ0n) is 17.6. The quantitative estimate of drug-likeness (QED) is 0.188. The van der Waals surface area contributed by atoms with Gasteiger partial charge in [-0.25, -0.2) is 9.48 Å². The Morgan fingerprint density at radius 3 is 2.79 bits per heavy atom. The molecular weight excluding hydrogens is 494 g/mol. The molecule has 0 saturated carbocycles. The van der Waals surface area contributed by atoms with E-state index in [9.17, 15) is 29.4 Å². The van der Waals surface area contributed by atoms with E-state index in [1.54, 1.807) is 0 Å². The van der Waals surface area contributed by atoms with Gasteiger partial charge in [-0.05, 0) is 16.0 Å². The third-order valence-corrected chi connectivity index (χ3v) is 7.53. The Kier molecular flexibility index (Phi) is 6.28. The van der Waals surface area contributed by atoms with Crippen LogP contribution in [0.3, 0.4) is 0 Å². The summed E-state index contributed by atoms with van der Waals surface area (Å²) >= 11 is 2.24. The van der Waals surface area contributed by atoms with Crippen LogP contribution in [0.2, 0.25) is 0 Å². The summed E-state index contributed by atoms with van der Waals surface area (Å²) in [5.41, 5.74) is -2.33. The minimum atomic E-state index is -1.75. The number of carboxylic acid groups (broad SMARTS) is 1. The number of nitrogens with zero attached hydrogens (tertiary/aromatic N) is 8. The van der Waals surface area contributed by atoms with Crippen molar-refractivity contribution in [2.45, 2.75) is 22.8 Å². The predicted octanol–water partition coefficient (Wildman–Crippen LogP) is -2.63. The molecule has 0 aliphatic carbocycles. The average Bonchev–Trinajstić information content (AvgIpc) is 3.32. The number of fused-ring (bicyclic) bond motifs is 1. The number of methoxy groups -OCH3 is 1. The van der Waals surface area contributed by atoms with E-state index in [2.05, 4.69) is 31.0 Å².